The lowest BCUT2D eigenvalue weighted by Gasteiger charge is -2.06. The van der Waals surface area contributed by atoms with Crippen LogP contribution in [0.2, 0.25) is 0 Å². The highest BCUT2D eigenvalue weighted by molar-refractivity contribution is 5.92. The largest absolute Gasteiger partial charge is 0.350 e. The van der Waals surface area contributed by atoms with E-state index in [1.54, 1.807) is 17.6 Å². The van der Waals surface area contributed by atoms with E-state index in [9.17, 15) is 9.59 Å². The van der Waals surface area contributed by atoms with Crippen LogP contribution in [0.5, 0.6) is 0 Å². The minimum Gasteiger partial charge on any atom is -0.350 e. The summed E-state index contributed by atoms with van der Waals surface area (Å²) in [6.45, 7) is 2.19. The average Bonchev–Trinajstić information content (AvgIpc) is 2.74. The van der Waals surface area contributed by atoms with Gasteiger partial charge in [-0.1, -0.05) is 0 Å². The van der Waals surface area contributed by atoms with E-state index in [1.807, 2.05) is 19.3 Å². The topological polar surface area (TPSA) is 79.8 Å². The van der Waals surface area contributed by atoms with Crippen molar-refractivity contribution in [3.05, 3.63) is 52.0 Å². The smallest absolute Gasteiger partial charge is 0.267 e. The van der Waals surface area contributed by atoms with E-state index in [4.69, 9.17) is 0 Å². The summed E-state index contributed by atoms with van der Waals surface area (Å²) in [6, 6.07) is 5.00. The number of aryl methyl sites for hydroxylation is 2. The van der Waals surface area contributed by atoms with Gasteiger partial charge < -0.3 is 14.9 Å². The number of aromatic amines is 1. The summed E-state index contributed by atoms with van der Waals surface area (Å²) in [5, 5.41) is 2.79. The van der Waals surface area contributed by atoms with Gasteiger partial charge in [-0.05, 0) is 19.1 Å². The van der Waals surface area contributed by atoms with E-state index in [1.165, 1.54) is 6.07 Å². The van der Waals surface area contributed by atoms with Crippen LogP contribution in [0.3, 0.4) is 0 Å². The molecule has 0 aliphatic rings. The van der Waals surface area contributed by atoms with Crippen molar-refractivity contribution in [2.24, 2.45) is 7.05 Å². The summed E-state index contributed by atoms with van der Waals surface area (Å²) in [7, 11) is 1.81. The lowest BCUT2D eigenvalue weighted by Crippen LogP contribution is -2.28. The number of hydrogen-bond acceptors (Lipinski definition) is 3. The number of nitrogens with one attached hydrogen (secondary N) is 2. The molecule has 0 spiro atoms. The fraction of sp³-hybridized carbons (Fsp3) is 0.308. The van der Waals surface area contributed by atoms with Gasteiger partial charge in [-0.15, -0.1) is 0 Å². The van der Waals surface area contributed by atoms with E-state index < -0.39 is 0 Å². The number of hydrogen-bond donors (Lipinski definition) is 2. The zero-order chi connectivity index (χ0) is 13.8. The van der Waals surface area contributed by atoms with E-state index in [2.05, 4.69) is 15.3 Å². The van der Waals surface area contributed by atoms with Gasteiger partial charge in [0.1, 0.15) is 11.5 Å². The number of amides is 1. The van der Waals surface area contributed by atoms with Gasteiger partial charge in [-0.3, -0.25) is 9.59 Å². The maximum Gasteiger partial charge on any atom is 0.267 e. The molecule has 0 saturated carbocycles. The molecular weight excluding hydrogens is 244 g/mol. The molecule has 6 heteroatoms. The lowest BCUT2D eigenvalue weighted by atomic mass is 10.3. The number of rotatable bonds is 4. The fourth-order valence-corrected chi connectivity index (χ4v) is 1.84. The van der Waals surface area contributed by atoms with Gasteiger partial charge in [-0.2, -0.15) is 0 Å². The van der Waals surface area contributed by atoms with Crippen molar-refractivity contribution in [2.75, 3.05) is 6.54 Å². The average molecular weight is 260 g/mol. The molecule has 1 amide bonds. The molecule has 2 rings (SSSR count). The lowest BCUT2D eigenvalue weighted by molar-refractivity contribution is 0.0946. The second kappa shape index (κ2) is 5.51. The van der Waals surface area contributed by atoms with Gasteiger partial charge in [-0.25, -0.2) is 4.98 Å². The maximum atomic E-state index is 11.8. The van der Waals surface area contributed by atoms with Crippen LogP contribution >= 0.6 is 0 Å². The van der Waals surface area contributed by atoms with Gasteiger partial charge in [0, 0.05) is 38.0 Å². The second-order valence-electron chi connectivity index (χ2n) is 4.34. The van der Waals surface area contributed by atoms with Crippen LogP contribution in [0, 0.1) is 6.92 Å². The zero-order valence-corrected chi connectivity index (χ0v) is 10.9. The van der Waals surface area contributed by atoms with Gasteiger partial charge in [0.2, 0.25) is 0 Å². The van der Waals surface area contributed by atoms with Crippen LogP contribution in [0.15, 0.2) is 29.2 Å². The molecule has 19 heavy (non-hydrogen) atoms. The molecule has 2 heterocycles. The molecule has 0 aliphatic carbocycles. The third-order valence-electron chi connectivity index (χ3n) is 2.74. The molecule has 0 aromatic carbocycles. The van der Waals surface area contributed by atoms with E-state index in [-0.39, 0.29) is 11.5 Å². The fourth-order valence-electron chi connectivity index (χ4n) is 1.84. The standard InChI is InChI=1S/C13H16N4O2/c1-9-8-12(18)16-11(15-9)5-6-14-13(19)10-4-3-7-17(10)2/h3-4,7-8H,5-6H2,1-2H3,(H,14,19)(H,15,16,18). The van der Waals surface area contributed by atoms with Crippen LogP contribution in [0.25, 0.3) is 0 Å². The number of aromatic nitrogens is 3. The first-order valence-electron chi connectivity index (χ1n) is 6.02. The van der Waals surface area contributed by atoms with Crippen LogP contribution in [0.1, 0.15) is 22.0 Å². The van der Waals surface area contributed by atoms with Crippen molar-refractivity contribution < 1.29 is 4.79 Å². The monoisotopic (exact) mass is 260 g/mol. The minimum atomic E-state index is -0.170. The molecule has 0 saturated heterocycles. The summed E-state index contributed by atoms with van der Waals surface area (Å²) in [5.74, 6) is 0.444. The summed E-state index contributed by atoms with van der Waals surface area (Å²) in [6.07, 6.45) is 2.31. The summed E-state index contributed by atoms with van der Waals surface area (Å²) < 4.78 is 1.75. The molecule has 0 bridgehead atoms. The molecule has 0 unspecified atom stereocenters. The molecule has 2 aromatic rings. The number of carbonyl (C=O) groups is 1. The second-order valence-corrected chi connectivity index (χ2v) is 4.34. The van der Waals surface area contributed by atoms with E-state index >= 15 is 0 Å². The first-order chi connectivity index (χ1) is 9.06. The van der Waals surface area contributed by atoms with Crippen molar-refractivity contribution in [1.82, 2.24) is 19.9 Å². The number of H-pyrrole nitrogens is 1. The third-order valence-corrected chi connectivity index (χ3v) is 2.74. The normalized spacial score (nSPS) is 10.4. The minimum absolute atomic E-state index is 0.137. The Morgan fingerprint density at radius 2 is 2.32 bits per heavy atom. The quantitative estimate of drug-likeness (QED) is 0.834. The Labute approximate surface area is 110 Å². The van der Waals surface area contributed by atoms with Gasteiger partial charge in [0.05, 0.1) is 0 Å². The summed E-state index contributed by atoms with van der Waals surface area (Å²) in [4.78, 5) is 29.9. The van der Waals surface area contributed by atoms with Crippen molar-refractivity contribution in [3.63, 3.8) is 0 Å². The zero-order valence-electron chi connectivity index (χ0n) is 10.9. The predicted octanol–water partition coefficient (Wildman–Crippen LogP) is 0.389. The van der Waals surface area contributed by atoms with Crippen LogP contribution in [-0.2, 0) is 13.5 Å². The highest BCUT2D eigenvalue weighted by Crippen LogP contribution is 1.99. The van der Waals surface area contributed by atoms with Gasteiger partial charge in [0.25, 0.3) is 11.5 Å². The van der Waals surface area contributed by atoms with Crippen molar-refractivity contribution >= 4 is 5.91 Å². The molecule has 100 valence electrons. The van der Waals surface area contributed by atoms with Gasteiger partial charge in [0.15, 0.2) is 0 Å². The molecule has 0 atom stereocenters. The highest BCUT2D eigenvalue weighted by atomic mass is 16.2. The number of nitrogens with zero attached hydrogens (tertiary/aromatic N) is 2. The van der Waals surface area contributed by atoms with E-state index in [0.717, 1.165) is 0 Å². The highest BCUT2D eigenvalue weighted by Gasteiger charge is 2.08. The predicted molar refractivity (Wildman–Crippen MR) is 71.0 cm³/mol. The Kier molecular flexibility index (Phi) is 3.79. The Bertz CT molecular complexity index is 642. The molecule has 0 fully saturated rings. The van der Waals surface area contributed by atoms with Crippen molar-refractivity contribution in [1.29, 1.82) is 0 Å². The summed E-state index contributed by atoms with van der Waals surface area (Å²) in [5.41, 5.74) is 1.11. The molecular formula is C13H16N4O2. The number of carbonyl (C=O) groups excluding carboxylic acids is 1. The Morgan fingerprint density at radius 1 is 1.53 bits per heavy atom. The summed E-state index contributed by atoms with van der Waals surface area (Å²) >= 11 is 0. The van der Waals surface area contributed by atoms with Crippen molar-refractivity contribution in [2.45, 2.75) is 13.3 Å². The molecule has 2 aromatic heterocycles. The SMILES string of the molecule is Cc1cc(=O)[nH]c(CCNC(=O)c2cccn2C)n1. The van der Waals surface area contributed by atoms with Crippen LogP contribution < -0.4 is 10.9 Å². The molecule has 0 aliphatic heterocycles. The van der Waals surface area contributed by atoms with Gasteiger partial charge >= 0.3 is 0 Å². The third kappa shape index (κ3) is 3.31. The molecule has 2 N–H and O–H groups in total. The Morgan fingerprint density at radius 3 is 2.95 bits per heavy atom. The first kappa shape index (κ1) is 13.1. The van der Waals surface area contributed by atoms with E-state index in [0.29, 0.717) is 30.2 Å². The van der Waals surface area contributed by atoms with Crippen molar-refractivity contribution in [3.8, 4) is 0 Å². The van der Waals surface area contributed by atoms with Crippen LogP contribution in [0.4, 0.5) is 0 Å². The maximum absolute atomic E-state index is 11.8. The van der Waals surface area contributed by atoms with Crippen LogP contribution in [-0.4, -0.2) is 27.0 Å². The molecule has 0 radical (unpaired) electrons. The first-order valence-corrected chi connectivity index (χ1v) is 6.02. The molecule has 6 nitrogen and oxygen atoms in total. The Balaban J connectivity index is 1.92. The Hall–Kier alpha value is -2.37.